The second-order valence-electron chi connectivity index (χ2n) is 7.36. The molecule has 7 nitrogen and oxygen atoms in total. The average Bonchev–Trinajstić information content (AvgIpc) is 2.88. The predicted octanol–water partition coefficient (Wildman–Crippen LogP) is 6.00. The zero-order valence-corrected chi connectivity index (χ0v) is 20.6. The molecule has 0 aliphatic heterocycles. The topological polar surface area (TPSA) is 82.0 Å². The van der Waals surface area contributed by atoms with Gasteiger partial charge in [0.05, 0.1) is 54.4 Å². The molecule has 178 valence electrons. The number of hydrogen-bond donors (Lipinski definition) is 1. The molecule has 1 aromatic heterocycles. The Morgan fingerprint density at radius 3 is 2.29 bits per heavy atom. The minimum absolute atomic E-state index is 0.395. The first-order valence-corrected chi connectivity index (χ1v) is 11.2. The fourth-order valence-electron chi connectivity index (χ4n) is 3.57. The number of aromatic nitrogens is 1. The van der Waals surface area contributed by atoms with E-state index in [9.17, 15) is 4.79 Å². The molecular formula is C26H21Cl2N3O4. The molecule has 0 unspecified atom stereocenters. The molecule has 0 atom stereocenters. The van der Waals surface area contributed by atoms with Crippen LogP contribution >= 0.6 is 23.2 Å². The van der Waals surface area contributed by atoms with Crippen molar-refractivity contribution in [2.24, 2.45) is 5.10 Å². The number of hydrogen-bond acceptors (Lipinski definition) is 6. The minimum atomic E-state index is -0.395. The van der Waals surface area contributed by atoms with Crippen LogP contribution in [0.1, 0.15) is 15.9 Å². The number of carbonyl (C=O) groups excluding carboxylic acids is 1. The molecule has 0 fully saturated rings. The van der Waals surface area contributed by atoms with E-state index in [1.807, 2.05) is 24.3 Å². The molecule has 0 saturated carbocycles. The summed E-state index contributed by atoms with van der Waals surface area (Å²) in [5, 5.41) is 5.66. The average molecular weight is 510 g/mol. The number of methoxy groups -OCH3 is 3. The lowest BCUT2D eigenvalue weighted by atomic mass is 10.0. The molecule has 0 spiro atoms. The van der Waals surface area contributed by atoms with E-state index in [0.29, 0.717) is 55.0 Å². The maximum absolute atomic E-state index is 13.1. The second kappa shape index (κ2) is 10.6. The molecule has 0 saturated heterocycles. The molecule has 4 aromatic rings. The van der Waals surface area contributed by atoms with Crippen LogP contribution in [0.25, 0.3) is 22.2 Å². The zero-order valence-electron chi connectivity index (χ0n) is 19.1. The van der Waals surface area contributed by atoms with Crippen molar-refractivity contribution in [1.82, 2.24) is 10.4 Å². The third-order valence-electron chi connectivity index (χ3n) is 5.24. The molecule has 1 amide bonds. The van der Waals surface area contributed by atoms with E-state index in [-0.39, 0.29) is 0 Å². The van der Waals surface area contributed by atoms with Gasteiger partial charge in [0.2, 0.25) is 5.75 Å². The van der Waals surface area contributed by atoms with Crippen molar-refractivity contribution >= 4 is 46.2 Å². The summed E-state index contributed by atoms with van der Waals surface area (Å²) < 4.78 is 16.0. The van der Waals surface area contributed by atoms with Gasteiger partial charge < -0.3 is 14.2 Å². The first-order valence-electron chi connectivity index (χ1n) is 10.4. The Bertz CT molecular complexity index is 1410. The molecule has 9 heteroatoms. The number of para-hydroxylation sites is 1. The molecule has 4 rings (SSSR count). The van der Waals surface area contributed by atoms with Crippen LogP contribution in [0.3, 0.4) is 0 Å². The van der Waals surface area contributed by atoms with Crippen LogP contribution in [-0.4, -0.2) is 38.4 Å². The van der Waals surface area contributed by atoms with Crippen molar-refractivity contribution in [3.05, 3.63) is 81.8 Å². The largest absolute Gasteiger partial charge is 0.493 e. The van der Waals surface area contributed by atoms with E-state index in [1.165, 1.54) is 27.5 Å². The van der Waals surface area contributed by atoms with Crippen LogP contribution in [0.5, 0.6) is 17.2 Å². The molecular weight excluding hydrogens is 489 g/mol. The number of nitrogens with one attached hydrogen (secondary N) is 1. The highest BCUT2D eigenvalue weighted by Gasteiger charge is 2.15. The third-order valence-corrected chi connectivity index (χ3v) is 5.98. The summed E-state index contributed by atoms with van der Waals surface area (Å²) in [6, 6.07) is 17.7. The van der Waals surface area contributed by atoms with Gasteiger partial charge in [0.25, 0.3) is 5.91 Å². The van der Waals surface area contributed by atoms with E-state index < -0.39 is 5.91 Å². The Labute approximate surface area is 212 Å². The van der Waals surface area contributed by atoms with E-state index in [1.54, 1.807) is 36.4 Å². The summed E-state index contributed by atoms with van der Waals surface area (Å²) in [5.41, 5.74) is 5.63. The SMILES string of the molecule is COc1cc(/C=N/NC(=O)c2cc(-c3ccc(Cl)c(Cl)c3)nc3ccccc23)cc(OC)c1OC. The van der Waals surface area contributed by atoms with Gasteiger partial charge in [0.1, 0.15) is 0 Å². The fourth-order valence-corrected chi connectivity index (χ4v) is 3.87. The Hall–Kier alpha value is -3.81. The Morgan fingerprint density at radius 2 is 1.63 bits per heavy atom. The lowest BCUT2D eigenvalue weighted by Crippen LogP contribution is -2.18. The Balaban J connectivity index is 1.66. The summed E-state index contributed by atoms with van der Waals surface area (Å²) >= 11 is 12.2. The number of benzene rings is 3. The number of fused-ring (bicyclic) bond motifs is 1. The Kier molecular flexibility index (Phi) is 7.39. The van der Waals surface area contributed by atoms with Crippen LogP contribution < -0.4 is 19.6 Å². The van der Waals surface area contributed by atoms with Gasteiger partial charge in [-0.25, -0.2) is 10.4 Å². The highest BCUT2D eigenvalue weighted by Crippen LogP contribution is 2.37. The van der Waals surface area contributed by atoms with Crippen LogP contribution in [0.2, 0.25) is 10.0 Å². The lowest BCUT2D eigenvalue weighted by molar-refractivity contribution is 0.0956. The predicted molar refractivity (Wildman–Crippen MR) is 138 cm³/mol. The second-order valence-corrected chi connectivity index (χ2v) is 8.17. The standard InChI is InChI=1S/C26H21Cl2N3O4/c1-33-23-10-15(11-24(34-2)25(23)35-3)14-29-31-26(32)18-13-22(16-8-9-19(27)20(28)12-16)30-21-7-5-4-6-17(18)21/h4-14H,1-3H3,(H,31,32)/b29-14+. The highest BCUT2D eigenvalue weighted by atomic mass is 35.5. The highest BCUT2D eigenvalue weighted by molar-refractivity contribution is 6.42. The number of rotatable bonds is 7. The summed E-state index contributed by atoms with van der Waals surface area (Å²) in [6.07, 6.45) is 1.49. The quantitative estimate of drug-likeness (QED) is 0.244. The number of pyridine rings is 1. The number of halogens is 2. The van der Waals surface area contributed by atoms with Gasteiger partial charge in [-0.05, 0) is 36.4 Å². The number of ether oxygens (including phenoxy) is 3. The normalized spacial score (nSPS) is 11.0. The van der Waals surface area contributed by atoms with Crippen molar-refractivity contribution < 1.29 is 19.0 Å². The smallest absolute Gasteiger partial charge is 0.272 e. The van der Waals surface area contributed by atoms with Gasteiger partial charge in [-0.1, -0.05) is 47.5 Å². The summed E-state index contributed by atoms with van der Waals surface area (Å²) in [4.78, 5) is 17.8. The lowest BCUT2D eigenvalue weighted by Gasteiger charge is -2.12. The summed E-state index contributed by atoms with van der Waals surface area (Å²) in [5.74, 6) is 1.03. The molecule has 3 aromatic carbocycles. The summed E-state index contributed by atoms with van der Waals surface area (Å²) in [6.45, 7) is 0. The molecule has 0 aliphatic carbocycles. The van der Waals surface area contributed by atoms with Gasteiger partial charge in [0.15, 0.2) is 11.5 Å². The van der Waals surface area contributed by atoms with Gasteiger partial charge in [0, 0.05) is 16.5 Å². The van der Waals surface area contributed by atoms with Gasteiger partial charge in [-0.2, -0.15) is 5.10 Å². The van der Waals surface area contributed by atoms with Gasteiger partial charge in [-0.15, -0.1) is 0 Å². The van der Waals surface area contributed by atoms with E-state index >= 15 is 0 Å². The number of nitrogens with zero attached hydrogens (tertiary/aromatic N) is 2. The van der Waals surface area contributed by atoms with E-state index in [4.69, 9.17) is 37.4 Å². The molecule has 0 aliphatic rings. The maximum atomic E-state index is 13.1. The number of hydrazone groups is 1. The summed E-state index contributed by atoms with van der Waals surface area (Å²) in [7, 11) is 4.58. The van der Waals surface area contributed by atoms with Crippen molar-refractivity contribution in [3.8, 4) is 28.5 Å². The van der Waals surface area contributed by atoms with Crippen LogP contribution in [0, 0.1) is 0 Å². The number of carbonyl (C=O) groups is 1. The number of amides is 1. The van der Waals surface area contributed by atoms with E-state index in [2.05, 4.69) is 15.5 Å². The molecule has 0 radical (unpaired) electrons. The van der Waals surface area contributed by atoms with E-state index in [0.717, 1.165) is 5.56 Å². The van der Waals surface area contributed by atoms with Gasteiger partial charge in [-0.3, -0.25) is 4.79 Å². The van der Waals surface area contributed by atoms with Crippen molar-refractivity contribution in [1.29, 1.82) is 0 Å². The van der Waals surface area contributed by atoms with Crippen LogP contribution in [0.4, 0.5) is 0 Å². The third kappa shape index (κ3) is 5.16. The van der Waals surface area contributed by atoms with Crippen molar-refractivity contribution in [3.63, 3.8) is 0 Å². The zero-order chi connectivity index (χ0) is 24.9. The first-order chi connectivity index (χ1) is 16.9. The van der Waals surface area contributed by atoms with Crippen molar-refractivity contribution in [2.45, 2.75) is 0 Å². The molecule has 35 heavy (non-hydrogen) atoms. The first kappa shape index (κ1) is 24.3. The van der Waals surface area contributed by atoms with Gasteiger partial charge >= 0.3 is 0 Å². The van der Waals surface area contributed by atoms with Crippen molar-refractivity contribution in [2.75, 3.05) is 21.3 Å². The Morgan fingerprint density at radius 1 is 0.914 bits per heavy atom. The molecule has 1 heterocycles. The van der Waals surface area contributed by atoms with Crippen LogP contribution in [-0.2, 0) is 0 Å². The molecule has 1 N–H and O–H groups in total. The monoisotopic (exact) mass is 509 g/mol. The minimum Gasteiger partial charge on any atom is -0.493 e. The molecule has 0 bridgehead atoms. The maximum Gasteiger partial charge on any atom is 0.272 e. The fraction of sp³-hybridized carbons (Fsp3) is 0.115. The van der Waals surface area contributed by atoms with Crippen LogP contribution in [0.15, 0.2) is 65.8 Å².